The van der Waals surface area contributed by atoms with Crippen LogP contribution in [0.25, 0.3) is 0 Å². The predicted molar refractivity (Wildman–Crippen MR) is 298 cm³/mol. The fourth-order valence-electron chi connectivity index (χ4n) is 13.0. The van der Waals surface area contributed by atoms with Crippen molar-refractivity contribution in [2.45, 2.75) is 246 Å². The molecule has 30 aliphatic heterocycles. The molecule has 0 unspecified atom stereocenters. The first kappa shape index (κ1) is 78.2. The summed E-state index contributed by atoms with van der Waals surface area (Å²) in [5.74, 6) is -2.91. The molecule has 43 nitrogen and oxygen atoms in total. The Labute approximate surface area is 557 Å². The van der Waals surface area contributed by atoms with Crippen molar-refractivity contribution in [3.05, 3.63) is 35.4 Å². The lowest BCUT2D eigenvalue weighted by molar-refractivity contribution is -0.404. The van der Waals surface area contributed by atoms with Crippen molar-refractivity contribution >= 4 is 11.9 Å². The summed E-state index contributed by atoms with van der Waals surface area (Å²) in [6.45, 7) is -8.99. The number of carboxylic acid groups (broad SMARTS) is 1. The minimum Gasteiger partial charge on any atom is -0.478 e. The second kappa shape index (κ2) is 33.4. The Balaban J connectivity index is 0.937. The fraction of sp³-hybridized carbons (Fsp3) is 0.857. The van der Waals surface area contributed by atoms with Crippen molar-refractivity contribution in [3.8, 4) is 0 Å². The molecule has 30 fully saturated rings. The van der Waals surface area contributed by atoms with Gasteiger partial charge in [-0.25, -0.2) is 9.59 Å². The number of aliphatic hydroxyl groups is 23. The second-order valence-electron chi connectivity index (χ2n) is 24.7. The van der Waals surface area contributed by atoms with Crippen LogP contribution in [0.1, 0.15) is 20.7 Å². The Morgan fingerprint density at radius 2 is 0.434 bits per heavy atom. The summed E-state index contributed by atoms with van der Waals surface area (Å²) < 4.78 is 97.5. The lowest BCUT2D eigenvalue weighted by atomic mass is 9.94. The molecule has 0 radical (unpaired) electrons. The van der Waals surface area contributed by atoms with Crippen LogP contribution in [0.4, 0.5) is 0 Å². The molecule has 0 amide bonds. The van der Waals surface area contributed by atoms with Gasteiger partial charge in [0.15, 0.2) is 50.3 Å². The maximum atomic E-state index is 13.5. The van der Waals surface area contributed by atoms with E-state index >= 15 is 0 Å². The summed E-state index contributed by atoms with van der Waals surface area (Å²) in [5, 5.41) is 268. The van der Waals surface area contributed by atoms with Gasteiger partial charge in [-0.3, -0.25) is 0 Å². The van der Waals surface area contributed by atoms with Gasteiger partial charge in [0, 0.05) is 0 Å². The second-order valence-corrected chi connectivity index (χ2v) is 24.7. The Kier molecular flexibility index (Phi) is 26.4. The van der Waals surface area contributed by atoms with E-state index in [0.717, 1.165) is 12.1 Å². The third kappa shape index (κ3) is 15.8. The molecular weight excluding hydrogens is 1360 g/mol. The molecular formula is C56H84O43. The van der Waals surface area contributed by atoms with Crippen molar-refractivity contribution in [3.63, 3.8) is 0 Å². The number of carboxylic acids is 1. The molecule has 1 aromatic carbocycles. The standard InChI is InChI=1S/C56H84O43/c57-5-15-39-23(64)31(72)49(84-15)93-40-16(6-58)86-51(33(74)25(40)66)95-42-18(8-60)88-53(35(76)27(42)68)97-44-20(10-62)90-55(37(78)29(44)70)99-46-22(12-83-48(82)14-4-2-1-3-13(14)47(80)81)91-56(38(79)30(46)71)98-45-21(11-63)89-54(36(77)28(45)69)96-43-19(9-61)87-52(34(75)26(43)67)94-41-17(7-59)85-50(92-39)32(73)24(41)65/h1-4,15-46,49-79H,5-12H2,(H,80,81)/t15-,16-,17-,18-,19-,20-,21-,22-,23-,24-,25-,26-,27-,28-,29-,30-,31-,32-,33-,34-,35-,36-,37-,38-,39-,40-,41-,42-,43-,44-,45-,46-,49-,50-,51-,52-,53-,54-,55-,56-/m1/s1. The van der Waals surface area contributed by atoms with Crippen LogP contribution in [0.5, 0.6) is 0 Å². The summed E-state index contributed by atoms with van der Waals surface area (Å²) in [5.41, 5.74) is -1.07. The topological polar surface area (TPSA) is 677 Å². The van der Waals surface area contributed by atoms with Crippen LogP contribution in [0.15, 0.2) is 24.3 Å². The number of ether oxygens (including phenoxy) is 17. The van der Waals surface area contributed by atoms with Crippen LogP contribution in [0.2, 0.25) is 0 Å². The van der Waals surface area contributed by atoms with Crippen LogP contribution < -0.4 is 0 Å². The van der Waals surface area contributed by atoms with E-state index in [1.165, 1.54) is 12.1 Å². The van der Waals surface area contributed by atoms with Crippen LogP contribution in [0, 0.1) is 0 Å². The largest absolute Gasteiger partial charge is 0.478 e. The van der Waals surface area contributed by atoms with Crippen LogP contribution in [0.3, 0.4) is 0 Å². The third-order valence-corrected chi connectivity index (χ3v) is 18.5. The summed E-state index contributed by atoms with van der Waals surface area (Å²) in [6.07, 6.45) is -85.1. The van der Waals surface area contributed by atoms with Crippen molar-refractivity contribution < 1.29 is 213 Å². The number of benzene rings is 1. The van der Waals surface area contributed by atoms with E-state index in [9.17, 15) is 132 Å². The number of aliphatic hydroxyl groups excluding tert-OH is 23. The quantitative estimate of drug-likeness (QED) is 0.0915. The number of aromatic carboxylic acids is 1. The third-order valence-electron chi connectivity index (χ3n) is 18.5. The van der Waals surface area contributed by atoms with Gasteiger partial charge in [0.25, 0.3) is 0 Å². The monoisotopic (exact) mass is 1440 g/mol. The average Bonchev–Trinajstić information content (AvgIpc) is 0.777. The molecule has 0 aliphatic carbocycles. The Hall–Kier alpha value is -3.40. The molecule has 43 heteroatoms. The number of esters is 1. The number of hydrogen-bond acceptors (Lipinski definition) is 42. The summed E-state index contributed by atoms with van der Waals surface area (Å²) in [7, 11) is 0. The molecule has 30 saturated heterocycles. The van der Waals surface area contributed by atoms with Gasteiger partial charge < -0.3 is 203 Å². The van der Waals surface area contributed by atoms with E-state index in [1.807, 2.05) is 0 Å². The number of rotatable bonds is 11. The molecule has 16 bridgehead atoms. The van der Waals surface area contributed by atoms with E-state index in [1.54, 1.807) is 0 Å². The van der Waals surface area contributed by atoms with Gasteiger partial charge in [-0.2, -0.15) is 0 Å². The zero-order chi connectivity index (χ0) is 71.9. The van der Waals surface area contributed by atoms with Gasteiger partial charge in [0.2, 0.25) is 0 Å². The minimum atomic E-state index is -2.40. The van der Waals surface area contributed by atoms with E-state index in [4.69, 9.17) is 80.5 Å². The van der Waals surface area contributed by atoms with Crippen LogP contribution >= 0.6 is 0 Å². The molecule has 1 aromatic rings. The highest BCUT2D eigenvalue weighted by Gasteiger charge is 2.60. The van der Waals surface area contributed by atoms with Crippen LogP contribution in [-0.4, -0.2) is 433 Å². The maximum Gasteiger partial charge on any atom is 0.339 e. The van der Waals surface area contributed by atoms with Crippen molar-refractivity contribution in [2.75, 3.05) is 52.9 Å². The lowest BCUT2D eigenvalue weighted by Crippen LogP contribution is -2.69. The zero-order valence-corrected chi connectivity index (χ0v) is 51.6. The molecule has 99 heavy (non-hydrogen) atoms. The zero-order valence-electron chi connectivity index (χ0n) is 51.6. The normalized spacial score (nSPS) is 50.4. The first-order valence-electron chi connectivity index (χ1n) is 31.3. The van der Waals surface area contributed by atoms with Crippen molar-refractivity contribution in [1.82, 2.24) is 0 Å². The fourth-order valence-corrected chi connectivity index (χ4v) is 13.0. The van der Waals surface area contributed by atoms with E-state index < -0.39 is 322 Å². The van der Waals surface area contributed by atoms with Crippen molar-refractivity contribution in [2.24, 2.45) is 0 Å². The smallest absolute Gasteiger partial charge is 0.339 e. The molecule has 0 aromatic heterocycles. The molecule has 566 valence electrons. The van der Waals surface area contributed by atoms with E-state index in [-0.39, 0.29) is 0 Å². The summed E-state index contributed by atoms with van der Waals surface area (Å²) in [6, 6.07) is 4.68. The van der Waals surface area contributed by atoms with Crippen LogP contribution in [-0.2, 0) is 80.5 Å². The van der Waals surface area contributed by atoms with E-state index in [0.29, 0.717) is 0 Å². The van der Waals surface area contributed by atoms with Gasteiger partial charge in [-0.15, -0.1) is 0 Å². The lowest BCUT2D eigenvalue weighted by Gasteiger charge is -2.50. The highest BCUT2D eigenvalue weighted by molar-refractivity contribution is 6.02. The highest BCUT2D eigenvalue weighted by Crippen LogP contribution is 2.40. The van der Waals surface area contributed by atoms with Gasteiger partial charge in [0.1, 0.15) is 202 Å². The highest BCUT2D eigenvalue weighted by atomic mass is 16.8. The van der Waals surface area contributed by atoms with Gasteiger partial charge >= 0.3 is 11.9 Å². The van der Waals surface area contributed by atoms with Gasteiger partial charge in [-0.05, 0) is 12.1 Å². The molecule has 30 aliphatic rings. The minimum absolute atomic E-state index is 0.522. The Morgan fingerprint density at radius 1 is 0.263 bits per heavy atom. The first-order valence-corrected chi connectivity index (χ1v) is 31.3. The summed E-state index contributed by atoms with van der Waals surface area (Å²) in [4.78, 5) is 25.6. The Bertz CT molecular complexity index is 2730. The van der Waals surface area contributed by atoms with Gasteiger partial charge in [0.05, 0.1) is 57.4 Å². The molecule has 31 rings (SSSR count). The predicted octanol–water partition coefficient (Wildman–Crippen LogP) is -15.8. The molecule has 0 spiro atoms. The molecule has 40 atom stereocenters. The number of hydrogen-bond donors (Lipinski definition) is 24. The SMILES string of the molecule is O=C(O)c1ccccc1C(=O)OC[C@H]1O[C@@H]2O[C@H]3[C@H](O)[C@@H](O)[C@@H](O[C@H]4[C@H](O)[C@@H](O)[C@@H](O[C@H]5[C@H](O)[C@@H](O)[C@@H](O[C@H]6[C@H](O)[C@@H](O)[C@@H](O[C@H]7[C@H](O)[C@@H](O)[C@@H](O[C@H]8[C@H](O)[C@@H](O)[C@@H](O[C@H]9[C@H](O)[C@@H](O)[C@@H](O[C@H]1[C@H](O)[C@H]2O)O[C@@H]9CO)O[C@@H]8CO)O[C@@H]7CO)O[C@@H]6CO)O[C@@H]5CO)O[C@@H]4CO)O[C@@H]3CO. The van der Waals surface area contributed by atoms with Gasteiger partial charge in [-0.1, -0.05) is 12.1 Å². The molecule has 24 N–H and O–H groups in total. The first-order chi connectivity index (χ1) is 47.1. The summed E-state index contributed by atoms with van der Waals surface area (Å²) >= 11 is 0. The average molecular weight is 1450 g/mol. The molecule has 30 heterocycles. The maximum absolute atomic E-state index is 13.5. The van der Waals surface area contributed by atoms with Crippen molar-refractivity contribution in [1.29, 1.82) is 0 Å². The van der Waals surface area contributed by atoms with E-state index in [2.05, 4.69) is 0 Å². The molecule has 0 saturated carbocycles. The number of carbonyl (C=O) groups excluding carboxylic acids is 1. The Morgan fingerprint density at radius 3 is 0.616 bits per heavy atom. The number of carbonyl (C=O) groups is 2.